The SMILES string of the molecule is O=C(NCC1COc2ccccc21)c1cc(-c2cccs2)on1. The van der Waals surface area contributed by atoms with Gasteiger partial charge in [-0.25, -0.2) is 0 Å². The van der Waals surface area contributed by atoms with Gasteiger partial charge in [0.05, 0.1) is 11.5 Å². The molecule has 0 saturated carbocycles. The third kappa shape index (κ3) is 2.73. The average molecular weight is 326 g/mol. The second-order valence-electron chi connectivity index (χ2n) is 5.31. The van der Waals surface area contributed by atoms with E-state index >= 15 is 0 Å². The Morgan fingerprint density at radius 2 is 2.22 bits per heavy atom. The van der Waals surface area contributed by atoms with Crippen molar-refractivity contribution < 1.29 is 14.1 Å². The van der Waals surface area contributed by atoms with Crippen molar-refractivity contribution in [3.8, 4) is 16.4 Å². The maximum atomic E-state index is 12.2. The van der Waals surface area contributed by atoms with Gasteiger partial charge in [-0.05, 0) is 17.5 Å². The van der Waals surface area contributed by atoms with Crippen LogP contribution in [0.5, 0.6) is 5.75 Å². The minimum absolute atomic E-state index is 0.166. The molecule has 1 aliphatic rings. The number of aromatic nitrogens is 1. The van der Waals surface area contributed by atoms with Gasteiger partial charge in [-0.15, -0.1) is 11.3 Å². The van der Waals surface area contributed by atoms with E-state index in [1.54, 1.807) is 17.4 Å². The number of carbonyl (C=O) groups excluding carboxylic acids is 1. The van der Waals surface area contributed by atoms with Gasteiger partial charge in [0.25, 0.3) is 5.91 Å². The highest BCUT2D eigenvalue weighted by Crippen LogP contribution is 2.33. The molecule has 0 bridgehead atoms. The summed E-state index contributed by atoms with van der Waals surface area (Å²) in [6.45, 7) is 1.09. The minimum Gasteiger partial charge on any atom is -0.493 e. The summed E-state index contributed by atoms with van der Waals surface area (Å²) in [5.41, 5.74) is 1.42. The van der Waals surface area contributed by atoms with Gasteiger partial charge in [-0.1, -0.05) is 29.4 Å². The van der Waals surface area contributed by atoms with Crippen LogP contribution < -0.4 is 10.1 Å². The summed E-state index contributed by atoms with van der Waals surface area (Å²) in [5.74, 6) is 1.44. The van der Waals surface area contributed by atoms with Crippen LogP contribution >= 0.6 is 11.3 Å². The maximum absolute atomic E-state index is 12.2. The van der Waals surface area contributed by atoms with Gasteiger partial charge in [-0.2, -0.15) is 0 Å². The molecule has 5 nitrogen and oxygen atoms in total. The van der Waals surface area contributed by atoms with E-state index in [9.17, 15) is 4.79 Å². The summed E-state index contributed by atoms with van der Waals surface area (Å²) in [6.07, 6.45) is 0. The molecule has 1 N–H and O–H groups in total. The van der Waals surface area contributed by atoms with Crippen LogP contribution in [0.4, 0.5) is 0 Å². The summed E-state index contributed by atoms with van der Waals surface area (Å²) in [5, 5.41) is 8.71. The average Bonchev–Trinajstić information content (AvgIpc) is 3.31. The molecular formula is C17H14N2O3S. The molecule has 1 atom stereocenters. The summed E-state index contributed by atoms with van der Waals surface area (Å²) >= 11 is 1.55. The van der Waals surface area contributed by atoms with Gasteiger partial charge in [0.15, 0.2) is 11.5 Å². The van der Waals surface area contributed by atoms with Crippen LogP contribution in [0.25, 0.3) is 10.6 Å². The lowest BCUT2D eigenvalue weighted by atomic mass is 10.0. The van der Waals surface area contributed by atoms with Crippen LogP contribution in [0.3, 0.4) is 0 Å². The monoisotopic (exact) mass is 326 g/mol. The number of carbonyl (C=O) groups is 1. The molecule has 116 valence electrons. The van der Waals surface area contributed by atoms with Crippen molar-refractivity contribution in [1.82, 2.24) is 10.5 Å². The van der Waals surface area contributed by atoms with Crippen molar-refractivity contribution in [2.24, 2.45) is 0 Å². The minimum atomic E-state index is -0.235. The lowest BCUT2D eigenvalue weighted by Gasteiger charge is -2.09. The molecule has 3 aromatic rings. The predicted octanol–water partition coefficient (Wildman–Crippen LogP) is 3.31. The third-order valence-corrected chi connectivity index (χ3v) is 4.70. The zero-order valence-corrected chi connectivity index (χ0v) is 13.0. The molecule has 4 rings (SSSR count). The maximum Gasteiger partial charge on any atom is 0.273 e. The molecule has 23 heavy (non-hydrogen) atoms. The van der Waals surface area contributed by atoms with Crippen LogP contribution in [-0.4, -0.2) is 24.2 Å². The second kappa shape index (κ2) is 5.89. The van der Waals surface area contributed by atoms with Crippen molar-refractivity contribution in [3.05, 3.63) is 59.1 Å². The van der Waals surface area contributed by atoms with Crippen LogP contribution in [-0.2, 0) is 0 Å². The lowest BCUT2D eigenvalue weighted by Crippen LogP contribution is -2.29. The summed E-state index contributed by atoms with van der Waals surface area (Å²) in [7, 11) is 0. The topological polar surface area (TPSA) is 64.4 Å². The van der Waals surface area contributed by atoms with Crippen molar-refractivity contribution in [1.29, 1.82) is 0 Å². The Labute approximate surface area is 136 Å². The highest BCUT2D eigenvalue weighted by molar-refractivity contribution is 7.13. The van der Waals surface area contributed by atoms with Crippen molar-refractivity contribution >= 4 is 17.2 Å². The first-order valence-electron chi connectivity index (χ1n) is 7.32. The molecule has 0 aliphatic carbocycles. The Morgan fingerprint density at radius 3 is 3.09 bits per heavy atom. The standard InChI is InChI=1S/C17H14N2O3S/c20-17(13-8-15(22-19-13)16-6-3-7-23-16)18-9-11-10-21-14-5-2-1-4-12(11)14/h1-8,11H,9-10H2,(H,18,20). The molecule has 1 aliphatic heterocycles. The number of nitrogens with zero attached hydrogens (tertiary/aromatic N) is 1. The molecule has 0 fully saturated rings. The summed E-state index contributed by atoms with van der Waals surface area (Å²) < 4.78 is 10.9. The first-order chi connectivity index (χ1) is 11.3. The smallest absolute Gasteiger partial charge is 0.273 e. The fraction of sp³-hybridized carbons (Fsp3) is 0.176. The van der Waals surface area contributed by atoms with Crippen LogP contribution in [0.2, 0.25) is 0 Å². The Morgan fingerprint density at radius 1 is 1.30 bits per heavy atom. The van der Waals surface area contributed by atoms with E-state index in [0.717, 1.165) is 16.2 Å². The van der Waals surface area contributed by atoms with E-state index in [2.05, 4.69) is 10.5 Å². The van der Waals surface area contributed by atoms with Gasteiger partial charge in [-0.3, -0.25) is 4.79 Å². The Hall–Kier alpha value is -2.60. The normalized spacial score (nSPS) is 15.9. The number of benzene rings is 1. The Balaban J connectivity index is 1.41. The van der Waals surface area contributed by atoms with Gasteiger partial charge >= 0.3 is 0 Å². The molecule has 0 saturated heterocycles. The number of para-hydroxylation sites is 1. The second-order valence-corrected chi connectivity index (χ2v) is 6.26. The molecular weight excluding hydrogens is 312 g/mol. The highest BCUT2D eigenvalue weighted by atomic mass is 32.1. The number of nitrogens with one attached hydrogen (secondary N) is 1. The Bertz CT molecular complexity index is 826. The molecule has 0 spiro atoms. The number of hydrogen-bond donors (Lipinski definition) is 1. The number of fused-ring (bicyclic) bond motifs is 1. The number of rotatable bonds is 4. The molecule has 1 unspecified atom stereocenters. The quantitative estimate of drug-likeness (QED) is 0.799. The zero-order valence-electron chi connectivity index (χ0n) is 12.2. The van der Waals surface area contributed by atoms with E-state index in [1.807, 2.05) is 41.8 Å². The van der Waals surface area contributed by atoms with Crippen LogP contribution in [0, 0.1) is 0 Å². The highest BCUT2D eigenvalue weighted by Gasteiger charge is 2.24. The van der Waals surface area contributed by atoms with Gasteiger partial charge in [0.2, 0.25) is 0 Å². The molecule has 1 amide bonds. The van der Waals surface area contributed by atoms with Gasteiger partial charge in [0, 0.05) is 24.1 Å². The summed E-state index contributed by atoms with van der Waals surface area (Å²) in [4.78, 5) is 13.2. The van der Waals surface area contributed by atoms with E-state index < -0.39 is 0 Å². The number of thiophene rings is 1. The van der Waals surface area contributed by atoms with Crippen molar-refractivity contribution in [3.63, 3.8) is 0 Å². The van der Waals surface area contributed by atoms with Gasteiger partial charge in [0.1, 0.15) is 5.75 Å². The van der Waals surface area contributed by atoms with Crippen molar-refractivity contribution in [2.45, 2.75) is 5.92 Å². The fourth-order valence-electron chi connectivity index (χ4n) is 2.62. The predicted molar refractivity (Wildman–Crippen MR) is 86.8 cm³/mol. The fourth-order valence-corrected chi connectivity index (χ4v) is 3.30. The number of ether oxygens (including phenoxy) is 1. The Kier molecular flexibility index (Phi) is 3.59. The summed E-state index contributed by atoms with van der Waals surface area (Å²) in [6, 6.07) is 13.4. The first-order valence-corrected chi connectivity index (χ1v) is 8.20. The van der Waals surface area contributed by atoms with Crippen LogP contribution in [0.1, 0.15) is 22.0 Å². The van der Waals surface area contributed by atoms with E-state index in [-0.39, 0.29) is 11.8 Å². The van der Waals surface area contributed by atoms with E-state index in [4.69, 9.17) is 9.26 Å². The van der Waals surface area contributed by atoms with E-state index in [0.29, 0.717) is 24.6 Å². The number of hydrogen-bond acceptors (Lipinski definition) is 5. The zero-order chi connectivity index (χ0) is 15.6. The largest absolute Gasteiger partial charge is 0.493 e. The van der Waals surface area contributed by atoms with Crippen molar-refractivity contribution in [2.75, 3.05) is 13.2 Å². The third-order valence-electron chi connectivity index (χ3n) is 3.81. The molecule has 1 aromatic carbocycles. The van der Waals surface area contributed by atoms with Gasteiger partial charge < -0.3 is 14.6 Å². The van der Waals surface area contributed by atoms with Crippen LogP contribution in [0.15, 0.2) is 52.4 Å². The molecule has 6 heteroatoms. The first kappa shape index (κ1) is 14.0. The number of amides is 1. The lowest BCUT2D eigenvalue weighted by molar-refractivity contribution is 0.0941. The molecule has 2 aromatic heterocycles. The molecule has 3 heterocycles. The van der Waals surface area contributed by atoms with E-state index in [1.165, 1.54) is 0 Å². The molecule has 0 radical (unpaired) electrons.